The molecule has 2 N–H and O–H groups in total. The summed E-state index contributed by atoms with van der Waals surface area (Å²) in [4.78, 5) is 17.0. The highest BCUT2D eigenvalue weighted by Gasteiger charge is 2.26. The smallest absolute Gasteiger partial charge is 0.237 e. The van der Waals surface area contributed by atoms with Gasteiger partial charge in [0.05, 0.1) is 11.7 Å². The third kappa shape index (κ3) is 4.80. The van der Waals surface area contributed by atoms with Gasteiger partial charge >= 0.3 is 0 Å². The van der Waals surface area contributed by atoms with Crippen LogP contribution in [-0.2, 0) is 4.79 Å². The van der Waals surface area contributed by atoms with Crippen molar-refractivity contribution in [3.8, 4) is 5.75 Å². The maximum absolute atomic E-state index is 12.6. The molecule has 2 aromatic carbocycles. The van der Waals surface area contributed by atoms with Crippen molar-refractivity contribution in [3.05, 3.63) is 60.2 Å². The Morgan fingerprint density at radius 3 is 2.30 bits per heavy atom. The molecular formula is C22H29N3O2. The summed E-state index contributed by atoms with van der Waals surface area (Å²) in [5.41, 5.74) is 2.10. The Balaban J connectivity index is 1.48. The normalized spacial score (nSPS) is 17.3. The Morgan fingerprint density at radius 1 is 1.00 bits per heavy atom. The molecule has 2 aromatic rings. The van der Waals surface area contributed by atoms with Crippen molar-refractivity contribution in [1.82, 2.24) is 10.2 Å². The highest BCUT2D eigenvalue weighted by molar-refractivity contribution is 5.81. The van der Waals surface area contributed by atoms with Crippen LogP contribution in [0.25, 0.3) is 0 Å². The highest BCUT2D eigenvalue weighted by atomic mass is 16.3. The Bertz CT molecular complexity index is 742. The Morgan fingerprint density at radius 2 is 1.63 bits per heavy atom. The number of carbonyl (C=O) groups is 1. The molecule has 5 nitrogen and oxygen atoms in total. The molecule has 2 unspecified atom stereocenters. The third-order valence-electron chi connectivity index (χ3n) is 5.41. The largest absolute Gasteiger partial charge is 0.506 e. The first-order valence-corrected chi connectivity index (χ1v) is 9.66. The van der Waals surface area contributed by atoms with Crippen LogP contribution in [0.2, 0.25) is 0 Å². The molecule has 1 fully saturated rings. The second-order valence-corrected chi connectivity index (χ2v) is 7.24. The first kappa shape index (κ1) is 19.2. The molecule has 1 heterocycles. The van der Waals surface area contributed by atoms with Crippen molar-refractivity contribution in [2.45, 2.75) is 25.8 Å². The summed E-state index contributed by atoms with van der Waals surface area (Å²) in [6, 6.07) is 17.5. The van der Waals surface area contributed by atoms with Gasteiger partial charge in [-0.3, -0.25) is 9.69 Å². The number of piperazine rings is 1. The first-order valence-electron chi connectivity index (χ1n) is 9.66. The van der Waals surface area contributed by atoms with E-state index >= 15 is 0 Å². The van der Waals surface area contributed by atoms with Crippen molar-refractivity contribution >= 4 is 11.6 Å². The molecule has 27 heavy (non-hydrogen) atoms. The van der Waals surface area contributed by atoms with Crippen LogP contribution in [0.4, 0.5) is 5.69 Å². The average Bonchev–Trinajstić information content (AvgIpc) is 2.72. The van der Waals surface area contributed by atoms with E-state index in [0.717, 1.165) is 31.9 Å². The summed E-state index contributed by atoms with van der Waals surface area (Å²) in [7, 11) is 0. The van der Waals surface area contributed by atoms with Crippen molar-refractivity contribution in [2.24, 2.45) is 0 Å². The van der Waals surface area contributed by atoms with Crippen LogP contribution >= 0.6 is 0 Å². The second-order valence-electron chi connectivity index (χ2n) is 7.24. The Hall–Kier alpha value is -2.53. The predicted octanol–water partition coefficient (Wildman–Crippen LogP) is 2.82. The number of anilines is 1. The summed E-state index contributed by atoms with van der Waals surface area (Å²) < 4.78 is 0. The first-order chi connectivity index (χ1) is 13.1. The summed E-state index contributed by atoms with van der Waals surface area (Å²) in [6.07, 6.45) is 0. The van der Waals surface area contributed by atoms with Crippen molar-refractivity contribution in [1.29, 1.82) is 0 Å². The predicted molar refractivity (Wildman–Crippen MR) is 109 cm³/mol. The molecule has 2 atom stereocenters. The molecule has 0 aliphatic carbocycles. The minimum atomic E-state index is -0.153. The fraction of sp³-hybridized carbons (Fsp3) is 0.409. The average molecular weight is 367 g/mol. The molecule has 0 aromatic heterocycles. The van der Waals surface area contributed by atoms with Crippen LogP contribution in [0.5, 0.6) is 5.75 Å². The van der Waals surface area contributed by atoms with Crippen LogP contribution in [0.3, 0.4) is 0 Å². The summed E-state index contributed by atoms with van der Waals surface area (Å²) >= 11 is 0. The van der Waals surface area contributed by atoms with Gasteiger partial charge in [-0.1, -0.05) is 49.4 Å². The lowest BCUT2D eigenvalue weighted by molar-refractivity contribution is -0.126. The van der Waals surface area contributed by atoms with Gasteiger partial charge in [-0.05, 0) is 30.5 Å². The maximum atomic E-state index is 12.6. The van der Waals surface area contributed by atoms with Gasteiger partial charge in [-0.25, -0.2) is 0 Å². The third-order valence-corrected chi connectivity index (χ3v) is 5.41. The molecule has 144 valence electrons. The number of nitrogens with zero attached hydrogens (tertiary/aromatic N) is 2. The number of rotatable bonds is 6. The summed E-state index contributed by atoms with van der Waals surface area (Å²) in [5, 5.41) is 13.1. The van der Waals surface area contributed by atoms with E-state index in [-0.39, 0.29) is 11.9 Å². The monoisotopic (exact) mass is 367 g/mol. The Labute approximate surface area is 161 Å². The van der Waals surface area contributed by atoms with E-state index in [2.05, 4.69) is 34.2 Å². The van der Waals surface area contributed by atoms with E-state index in [1.54, 1.807) is 6.07 Å². The lowest BCUT2D eigenvalue weighted by Gasteiger charge is -2.38. The molecule has 0 radical (unpaired) electrons. The molecule has 0 bridgehead atoms. The van der Waals surface area contributed by atoms with Crippen LogP contribution in [-0.4, -0.2) is 54.7 Å². The van der Waals surface area contributed by atoms with Crippen LogP contribution in [0, 0.1) is 0 Å². The summed E-state index contributed by atoms with van der Waals surface area (Å²) in [5.74, 6) is 0.681. The van der Waals surface area contributed by atoms with E-state index in [9.17, 15) is 9.90 Å². The van der Waals surface area contributed by atoms with Crippen LogP contribution in [0.15, 0.2) is 54.6 Å². The van der Waals surface area contributed by atoms with Crippen molar-refractivity contribution < 1.29 is 9.90 Å². The van der Waals surface area contributed by atoms with Gasteiger partial charge < -0.3 is 15.3 Å². The van der Waals surface area contributed by atoms with Crippen LogP contribution < -0.4 is 10.2 Å². The molecule has 0 saturated carbocycles. The molecule has 0 spiro atoms. The zero-order valence-corrected chi connectivity index (χ0v) is 16.1. The van der Waals surface area contributed by atoms with Crippen molar-refractivity contribution in [2.75, 3.05) is 37.6 Å². The van der Waals surface area contributed by atoms with E-state index in [1.807, 2.05) is 43.3 Å². The number of para-hydroxylation sites is 2. The van der Waals surface area contributed by atoms with E-state index in [1.165, 1.54) is 5.56 Å². The number of benzene rings is 2. The number of carbonyl (C=O) groups excluding carboxylic acids is 1. The standard InChI is InChI=1S/C22H29N3O2/c1-17(19-8-4-3-5-9-19)16-23-22(27)18(2)24-12-14-25(15-13-24)20-10-6-7-11-21(20)26/h3-11,17-18,26H,12-16H2,1-2H3,(H,23,27). The van der Waals surface area contributed by atoms with Gasteiger partial charge in [-0.2, -0.15) is 0 Å². The topological polar surface area (TPSA) is 55.8 Å². The Kier molecular flexibility index (Phi) is 6.35. The number of aromatic hydroxyl groups is 1. The quantitative estimate of drug-likeness (QED) is 0.824. The lowest BCUT2D eigenvalue weighted by Crippen LogP contribution is -2.54. The molecular weight excluding hydrogens is 338 g/mol. The minimum absolute atomic E-state index is 0.0776. The van der Waals surface area contributed by atoms with Gasteiger partial charge in [0.15, 0.2) is 0 Å². The second kappa shape index (κ2) is 8.91. The number of nitrogens with one attached hydrogen (secondary N) is 1. The summed E-state index contributed by atoms with van der Waals surface area (Å²) in [6.45, 7) is 7.95. The van der Waals surface area contributed by atoms with Gasteiger partial charge in [0.2, 0.25) is 5.91 Å². The number of amides is 1. The van der Waals surface area contributed by atoms with Crippen LogP contribution in [0.1, 0.15) is 25.3 Å². The number of hydrogen-bond acceptors (Lipinski definition) is 4. The fourth-order valence-corrected chi connectivity index (χ4v) is 3.55. The van der Waals surface area contributed by atoms with Gasteiger partial charge in [0, 0.05) is 32.7 Å². The number of hydrogen-bond donors (Lipinski definition) is 2. The zero-order chi connectivity index (χ0) is 19.2. The zero-order valence-electron chi connectivity index (χ0n) is 16.1. The highest BCUT2D eigenvalue weighted by Crippen LogP contribution is 2.27. The van der Waals surface area contributed by atoms with E-state index in [0.29, 0.717) is 18.2 Å². The van der Waals surface area contributed by atoms with E-state index in [4.69, 9.17) is 0 Å². The molecule has 5 heteroatoms. The molecule has 1 aliphatic heterocycles. The van der Waals surface area contributed by atoms with Gasteiger partial charge in [0.1, 0.15) is 5.75 Å². The maximum Gasteiger partial charge on any atom is 0.237 e. The van der Waals surface area contributed by atoms with E-state index < -0.39 is 0 Å². The molecule has 1 amide bonds. The van der Waals surface area contributed by atoms with Gasteiger partial charge in [0.25, 0.3) is 0 Å². The SMILES string of the molecule is CC(CNC(=O)C(C)N1CCN(c2ccccc2O)CC1)c1ccccc1. The molecule has 1 aliphatic rings. The van der Waals surface area contributed by atoms with Crippen molar-refractivity contribution in [3.63, 3.8) is 0 Å². The lowest BCUT2D eigenvalue weighted by atomic mass is 10.0. The molecule has 3 rings (SSSR count). The molecule has 1 saturated heterocycles. The fourth-order valence-electron chi connectivity index (χ4n) is 3.55. The van der Waals surface area contributed by atoms with Gasteiger partial charge in [-0.15, -0.1) is 0 Å². The number of phenols is 1. The minimum Gasteiger partial charge on any atom is -0.506 e. The number of phenolic OH excluding ortho intramolecular Hbond substituents is 1.